The fourth-order valence-electron chi connectivity index (χ4n) is 4.85. The van der Waals surface area contributed by atoms with Crippen LogP contribution in [0.4, 0.5) is 11.4 Å². The average Bonchev–Trinajstić information content (AvgIpc) is 3.49. The lowest BCUT2D eigenvalue weighted by Crippen LogP contribution is -2.29. The van der Waals surface area contributed by atoms with Crippen molar-refractivity contribution in [3.63, 3.8) is 0 Å². The topological polar surface area (TPSA) is 63.9 Å². The molecule has 4 aromatic rings. The highest BCUT2D eigenvalue weighted by atomic mass is 16.2. The zero-order chi connectivity index (χ0) is 18.8. The van der Waals surface area contributed by atoms with Gasteiger partial charge in [-0.15, -0.1) is 0 Å². The summed E-state index contributed by atoms with van der Waals surface area (Å²) in [6.07, 6.45) is 2.90. The van der Waals surface area contributed by atoms with Crippen molar-refractivity contribution in [1.29, 1.82) is 0 Å². The number of rotatable bonds is 2. The molecular formula is C23H22N4O. The molecule has 5 nitrogen and oxygen atoms in total. The van der Waals surface area contributed by atoms with E-state index in [0.717, 1.165) is 43.6 Å². The molecule has 2 aromatic heterocycles. The predicted octanol–water partition coefficient (Wildman–Crippen LogP) is 4.38. The highest BCUT2D eigenvalue weighted by Crippen LogP contribution is 2.36. The summed E-state index contributed by atoms with van der Waals surface area (Å²) in [5.74, 6) is 0.0558. The maximum absolute atomic E-state index is 13.3. The number of nitrogens with zero attached hydrogens (tertiary/aromatic N) is 1. The minimum absolute atomic E-state index is 0.0558. The van der Waals surface area contributed by atoms with E-state index in [-0.39, 0.29) is 5.91 Å². The first-order chi connectivity index (χ1) is 13.7. The zero-order valence-corrected chi connectivity index (χ0v) is 15.9. The van der Waals surface area contributed by atoms with E-state index in [1.807, 2.05) is 11.0 Å². The summed E-state index contributed by atoms with van der Waals surface area (Å²) in [6, 6.07) is 12.6. The minimum Gasteiger partial charge on any atom is -0.384 e. The molecule has 0 bridgehead atoms. The summed E-state index contributed by atoms with van der Waals surface area (Å²) in [7, 11) is 0. The van der Waals surface area contributed by atoms with Crippen molar-refractivity contribution in [2.75, 3.05) is 23.3 Å². The first-order valence-electron chi connectivity index (χ1n) is 10.1. The van der Waals surface area contributed by atoms with Gasteiger partial charge >= 0.3 is 0 Å². The van der Waals surface area contributed by atoms with Crippen LogP contribution >= 0.6 is 0 Å². The van der Waals surface area contributed by atoms with E-state index < -0.39 is 0 Å². The molecule has 2 aromatic carbocycles. The van der Waals surface area contributed by atoms with E-state index in [1.54, 1.807) is 0 Å². The Labute approximate surface area is 162 Å². The molecule has 28 heavy (non-hydrogen) atoms. The van der Waals surface area contributed by atoms with Gasteiger partial charge in [0.15, 0.2) is 0 Å². The van der Waals surface area contributed by atoms with Crippen LogP contribution in [0.3, 0.4) is 0 Å². The van der Waals surface area contributed by atoms with Crippen LogP contribution in [0.25, 0.3) is 21.8 Å². The number of hydrogen-bond donors (Lipinski definition) is 3. The lowest BCUT2D eigenvalue weighted by Gasteiger charge is -2.16. The van der Waals surface area contributed by atoms with Gasteiger partial charge in [0.05, 0.1) is 0 Å². The summed E-state index contributed by atoms with van der Waals surface area (Å²) in [4.78, 5) is 22.1. The van der Waals surface area contributed by atoms with Crippen LogP contribution in [0.1, 0.15) is 34.2 Å². The second-order valence-electron chi connectivity index (χ2n) is 7.79. The Morgan fingerprint density at radius 2 is 1.82 bits per heavy atom. The molecule has 0 saturated heterocycles. The highest BCUT2D eigenvalue weighted by Gasteiger charge is 2.29. The second-order valence-corrected chi connectivity index (χ2v) is 7.79. The maximum atomic E-state index is 13.3. The van der Waals surface area contributed by atoms with Gasteiger partial charge in [0.25, 0.3) is 5.91 Å². The number of amides is 1. The molecule has 140 valence electrons. The van der Waals surface area contributed by atoms with Gasteiger partial charge in [-0.3, -0.25) is 4.79 Å². The van der Waals surface area contributed by atoms with Gasteiger partial charge in [-0.25, -0.2) is 0 Å². The molecule has 0 unspecified atom stereocenters. The van der Waals surface area contributed by atoms with Gasteiger partial charge in [0, 0.05) is 52.0 Å². The lowest BCUT2D eigenvalue weighted by atomic mass is 10.1. The molecule has 5 heteroatoms. The van der Waals surface area contributed by atoms with Crippen LogP contribution in [0.5, 0.6) is 0 Å². The fourth-order valence-corrected chi connectivity index (χ4v) is 4.85. The normalized spacial score (nSPS) is 15.2. The third-order valence-electron chi connectivity index (χ3n) is 6.28. The first-order valence-corrected chi connectivity index (χ1v) is 10.1. The smallest absolute Gasteiger partial charge is 0.274 e. The van der Waals surface area contributed by atoms with Crippen molar-refractivity contribution in [1.82, 2.24) is 9.97 Å². The largest absolute Gasteiger partial charge is 0.384 e. The zero-order valence-electron chi connectivity index (χ0n) is 15.9. The Balaban J connectivity index is 1.42. The summed E-state index contributed by atoms with van der Waals surface area (Å²) in [6.45, 7) is 3.85. The highest BCUT2D eigenvalue weighted by molar-refractivity contribution is 6.10. The standard InChI is InChI=1S/C23H22N4O/c1-2-13-11-16-15-8-10-27(22(15)6-5-19(16)25-13)23(28)21-12-17-14-7-9-24-18(14)3-4-20(17)26-21/h3-6,11-12,24-26H,2,7-10H2,1H3. The molecule has 4 heterocycles. The Hall–Kier alpha value is -3.21. The van der Waals surface area contributed by atoms with Crippen molar-refractivity contribution in [3.05, 3.63) is 58.9 Å². The van der Waals surface area contributed by atoms with Crippen molar-refractivity contribution < 1.29 is 4.79 Å². The summed E-state index contributed by atoms with van der Waals surface area (Å²) in [5, 5.41) is 5.83. The number of carbonyl (C=O) groups is 1. The molecule has 2 aliphatic rings. The van der Waals surface area contributed by atoms with Crippen LogP contribution in [0.2, 0.25) is 0 Å². The van der Waals surface area contributed by atoms with Gasteiger partial charge in [0.1, 0.15) is 5.69 Å². The predicted molar refractivity (Wildman–Crippen MR) is 114 cm³/mol. The van der Waals surface area contributed by atoms with Crippen LogP contribution in [0.15, 0.2) is 36.4 Å². The van der Waals surface area contributed by atoms with Gasteiger partial charge in [-0.1, -0.05) is 6.92 Å². The number of nitrogens with one attached hydrogen (secondary N) is 3. The molecule has 0 atom stereocenters. The number of hydrogen-bond acceptors (Lipinski definition) is 2. The van der Waals surface area contributed by atoms with Gasteiger partial charge in [-0.2, -0.15) is 0 Å². The molecule has 0 spiro atoms. The van der Waals surface area contributed by atoms with E-state index in [0.29, 0.717) is 5.69 Å². The molecule has 0 aliphatic carbocycles. The number of fused-ring (bicyclic) bond motifs is 6. The van der Waals surface area contributed by atoms with Crippen LogP contribution in [-0.4, -0.2) is 29.0 Å². The van der Waals surface area contributed by atoms with E-state index in [9.17, 15) is 4.79 Å². The van der Waals surface area contributed by atoms with Gasteiger partial charge in [-0.05, 0) is 66.8 Å². The van der Waals surface area contributed by atoms with Crippen molar-refractivity contribution >= 4 is 39.1 Å². The number of anilines is 2. The maximum Gasteiger partial charge on any atom is 0.274 e. The van der Waals surface area contributed by atoms with Gasteiger partial charge in [0.2, 0.25) is 0 Å². The molecule has 0 saturated carbocycles. The average molecular weight is 370 g/mol. The van der Waals surface area contributed by atoms with Crippen LogP contribution < -0.4 is 10.2 Å². The number of benzene rings is 2. The summed E-state index contributed by atoms with van der Waals surface area (Å²) in [5.41, 5.74) is 8.96. The molecule has 0 fully saturated rings. The Morgan fingerprint density at radius 1 is 1.00 bits per heavy atom. The minimum atomic E-state index is 0.0558. The second kappa shape index (κ2) is 5.64. The molecule has 3 N–H and O–H groups in total. The van der Waals surface area contributed by atoms with Crippen molar-refractivity contribution in [2.24, 2.45) is 0 Å². The molecule has 1 amide bonds. The monoisotopic (exact) mass is 370 g/mol. The molecular weight excluding hydrogens is 348 g/mol. The number of aromatic nitrogens is 2. The SMILES string of the molecule is CCc1cc2c3c(ccc2[nH]1)N(C(=O)c1cc2c4c(ccc2[nH]1)NCC4)CC3. The van der Waals surface area contributed by atoms with Crippen molar-refractivity contribution in [2.45, 2.75) is 26.2 Å². The van der Waals surface area contributed by atoms with E-state index in [1.165, 1.54) is 38.8 Å². The van der Waals surface area contributed by atoms with E-state index in [4.69, 9.17) is 0 Å². The Kier molecular flexibility index (Phi) is 3.19. The van der Waals surface area contributed by atoms with E-state index >= 15 is 0 Å². The Morgan fingerprint density at radius 3 is 2.71 bits per heavy atom. The fraction of sp³-hybridized carbons (Fsp3) is 0.261. The quantitative estimate of drug-likeness (QED) is 0.490. The van der Waals surface area contributed by atoms with Crippen molar-refractivity contribution in [3.8, 4) is 0 Å². The molecule has 6 rings (SSSR count). The molecule has 2 aliphatic heterocycles. The lowest BCUT2D eigenvalue weighted by molar-refractivity contribution is 0.0985. The van der Waals surface area contributed by atoms with Crippen LogP contribution in [0, 0.1) is 0 Å². The third kappa shape index (κ3) is 2.10. The third-order valence-corrected chi connectivity index (χ3v) is 6.28. The summed E-state index contributed by atoms with van der Waals surface area (Å²) >= 11 is 0. The van der Waals surface area contributed by atoms with Gasteiger partial charge < -0.3 is 20.2 Å². The van der Waals surface area contributed by atoms with E-state index in [2.05, 4.69) is 52.5 Å². The first kappa shape index (κ1) is 15.8. The molecule has 0 radical (unpaired) electrons. The number of H-pyrrole nitrogens is 2. The summed E-state index contributed by atoms with van der Waals surface area (Å²) < 4.78 is 0. The number of carbonyl (C=O) groups excluding carboxylic acids is 1. The Bertz CT molecular complexity index is 1260. The number of aryl methyl sites for hydroxylation is 1. The number of aromatic amines is 2. The van der Waals surface area contributed by atoms with Crippen LogP contribution in [-0.2, 0) is 19.3 Å².